The van der Waals surface area contributed by atoms with Gasteiger partial charge in [-0.2, -0.15) is 0 Å². The van der Waals surface area contributed by atoms with E-state index in [0.717, 1.165) is 21.2 Å². The van der Waals surface area contributed by atoms with Gasteiger partial charge in [0.15, 0.2) is 0 Å². The summed E-state index contributed by atoms with van der Waals surface area (Å²) in [5.74, 6) is 0.170. The second kappa shape index (κ2) is 5.92. The molecule has 7 heteroatoms. The summed E-state index contributed by atoms with van der Waals surface area (Å²) in [6.45, 7) is 0.544. The number of nitrogens with one attached hydrogen (secondary N) is 1. The number of hydrogen-bond donors (Lipinski definition) is 1. The van der Waals surface area contributed by atoms with E-state index >= 15 is 0 Å². The van der Waals surface area contributed by atoms with Crippen molar-refractivity contribution in [3.8, 4) is 0 Å². The van der Waals surface area contributed by atoms with E-state index < -0.39 is 11.2 Å². The Kier molecular flexibility index (Phi) is 4.24. The Balaban J connectivity index is 2.07. The molecule has 20 heavy (non-hydrogen) atoms. The van der Waals surface area contributed by atoms with Gasteiger partial charge in [0.1, 0.15) is 0 Å². The van der Waals surface area contributed by atoms with E-state index in [-0.39, 0.29) is 5.82 Å². The minimum Gasteiger partial charge on any atom is -0.364 e. The van der Waals surface area contributed by atoms with Crippen molar-refractivity contribution >= 4 is 17.4 Å². The third kappa shape index (κ3) is 3.08. The van der Waals surface area contributed by atoms with Crippen LogP contribution in [0.4, 0.5) is 5.82 Å². The van der Waals surface area contributed by atoms with E-state index in [1.54, 1.807) is 0 Å². The SMILES string of the molecule is Cn1nc(NCCc2ccc(Cl)cc2)c(=O)n(C)c1=O. The van der Waals surface area contributed by atoms with Gasteiger partial charge in [0, 0.05) is 25.7 Å². The molecule has 0 aliphatic heterocycles. The van der Waals surface area contributed by atoms with Gasteiger partial charge in [0.25, 0.3) is 5.56 Å². The molecule has 0 saturated heterocycles. The molecule has 0 spiro atoms. The monoisotopic (exact) mass is 294 g/mol. The van der Waals surface area contributed by atoms with Gasteiger partial charge in [-0.25, -0.2) is 9.48 Å². The first-order chi connectivity index (χ1) is 9.49. The number of rotatable bonds is 4. The molecule has 0 aliphatic rings. The predicted octanol–water partition coefficient (Wildman–Crippen LogP) is 0.787. The molecule has 1 heterocycles. The van der Waals surface area contributed by atoms with Gasteiger partial charge in [-0.3, -0.25) is 9.36 Å². The number of hydrogen-bond acceptors (Lipinski definition) is 4. The van der Waals surface area contributed by atoms with Gasteiger partial charge < -0.3 is 5.32 Å². The summed E-state index contributed by atoms with van der Waals surface area (Å²) in [7, 11) is 2.93. The quantitative estimate of drug-likeness (QED) is 0.905. The fourth-order valence-electron chi connectivity index (χ4n) is 1.79. The zero-order valence-electron chi connectivity index (χ0n) is 11.3. The molecule has 0 fully saturated rings. The molecular formula is C13H15ClN4O2. The summed E-state index contributed by atoms with van der Waals surface area (Å²) >= 11 is 5.81. The van der Waals surface area contributed by atoms with E-state index in [0.29, 0.717) is 11.6 Å². The van der Waals surface area contributed by atoms with Crippen molar-refractivity contribution in [2.75, 3.05) is 11.9 Å². The maximum Gasteiger partial charge on any atom is 0.346 e. The molecule has 0 radical (unpaired) electrons. The second-order valence-electron chi connectivity index (χ2n) is 4.42. The van der Waals surface area contributed by atoms with Crippen LogP contribution in [-0.4, -0.2) is 20.9 Å². The van der Waals surface area contributed by atoms with E-state index in [2.05, 4.69) is 10.4 Å². The molecule has 2 aromatic rings. The molecule has 0 amide bonds. The Hall–Kier alpha value is -2.08. The summed E-state index contributed by atoms with van der Waals surface area (Å²) < 4.78 is 2.16. The highest BCUT2D eigenvalue weighted by atomic mass is 35.5. The molecule has 0 bridgehead atoms. The van der Waals surface area contributed by atoms with Crippen LogP contribution in [-0.2, 0) is 20.5 Å². The first kappa shape index (κ1) is 14.3. The number of halogens is 1. The van der Waals surface area contributed by atoms with Gasteiger partial charge in [0.05, 0.1) is 0 Å². The molecule has 0 atom stereocenters. The first-order valence-electron chi connectivity index (χ1n) is 6.11. The average molecular weight is 295 g/mol. The van der Waals surface area contributed by atoms with Crippen LogP contribution in [0, 0.1) is 0 Å². The van der Waals surface area contributed by atoms with E-state index in [1.807, 2.05) is 24.3 Å². The van der Waals surface area contributed by atoms with E-state index in [4.69, 9.17) is 11.6 Å². The minimum absolute atomic E-state index is 0.170. The van der Waals surface area contributed by atoms with Crippen LogP contribution in [0.1, 0.15) is 5.56 Å². The first-order valence-corrected chi connectivity index (χ1v) is 6.49. The van der Waals surface area contributed by atoms with Crippen LogP contribution in [0.3, 0.4) is 0 Å². The van der Waals surface area contributed by atoms with Crippen LogP contribution in [0.25, 0.3) is 0 Å². The van der Waals surface area contributed by atoms with Crippen molar-refractivity contribution in [3.63, 3.8) is 0 Å². The Morgan fingerprint density at radius 1 is 1.20 bits per heavy atom. The Labute approximate surface area is 120 Å². The maximum atomic E-state index is 11.8. The zero-order chi connectivity index (χ0) is 14.7. The number of benzene rings is 1. The van der Waals surface area contributed by atoms with Crippen LogP contribution in [0.15, 0.2) is 33.9 Å². The van der Waals surface area contributed by atoms with Crippen molar-refractivity contribution in [3.05, 3.63) is 55.7 Å². The van der Waals surface area contributed by atoms with Crippen molar-refractivity contribution in [2.24, 2.45) is 14.1 Å². The predicted molar refractivity (Wildman–Crippen MR) is 78.4 cm³/mol. The standard InChI is InChI=1S/C13H15ClN4O2/c1-17-12(19)11(16-18(2)13(17)20)15-8-7-9-3-5-10(14)6-4-9/h3-6H,7-8H2,1-2H3,(H,15,16). The summed E-state index contributed by atoms with van der Waals surface area (Å²) in [5.41, 5.74) is 0.228. The molecular weight excluding hydrogens is 280 g/mol. The average Bonchev–Trinajstić information content (AvgIpc) is 2.44. The summed E-state index contributed by atoms with van der Waals surface area (Å²) in [6.07, 6.45) is 0.727. The van der Waals surface area contributed by atoms with Crippen LogP contribution < -0.4 is 16.6 Å². The molecule has 2 rings (SSSR count). The highest BCUT2D eigenvalue weighted by Crippen LogP contribution is 2.09. The van der Waals surface area contributed by atoms with Crippen molar-refractivity contribution < 1.29 is 0 Å². The van der Waals surface area contributed by atoms with Crippen LogP contribution in [0.2, 0.25) is 5.02 Å². The summed E-state index contributed by atoms with van der Waals surface area (Å²) in [4.78, 5) is 23.3. The lowest BCUT2D eigenvalue weighted by Gasteiger charge is -2.08. The van der Waals surface area contributed by atoms with E-state index in [9.17, 15) is 9.59 Å². The molecule has 1 N–H and O–H groups in total. The third-order valence-corrected chi connectivity index (χ3v) is 3.19. The number of aryl methyl sites for hydroxylation is 1. The minimum atomic E-state index is -0.446. The van der Waals surface area contributed by atoms with Gasteiger partial charge in [0.2, 0.25) is 5.82 Å². The van der Waals surface area contributed by atoms with Crippen LogP contribution in [0.5, 0.6) is 0 Å². The second-order valence-corrected chi connectivity index (χ2v) is 4.86. The lowest BCUT2D eigenvalue weighted by Crippen LogP contribution is -2.40. The number of anilines is 1. The normalized spacial score (nSPS) is 10.6. The fraction of sp³-hybridized carbons (Fsp3) is 0.308. The van der Waals surface area contributed by atoms with Gasteiger partial charge in [-0.15, -0.1) is 5.10 Å². The Bertz CT molecular complexity index is 719. The van der Waals surface area contributed by atoms with Crippen molar-refractivity contribution in [1.29, 1.82) is 0 Å². The zero-order valence-corrected chi connectivity index (χ0v) is 12.0. The van der Waals surface area contributed by atoms with Crippen LogP contribution >= 0.6 is 11.6 Å². The highest BCUT2D eigenvalue weighted by Gasteiger charge is 2.07. The lowest BCUT2D eigenvalue weighted by atomic mass is 10.1. The lowest BCUT2D eigenvalue weighted by molar-refractivity contribution is 0.604. The summed E-state index contributed by atoms with van der Waals surface area (Å²) in [5, 5.41) is 7.55. The van der Waals surface area contributed by atoms with Gasteiger partial charge in [-0.05, 0) is 24.1 Å². The maximum absolute atomic E-state index is 11.8. The van der Waals surface area contributed by atoms with Crippen molar-refractivity contribution in [1.82, 2.24) is 14.3 Å². The van der Waals surface area contributed by atoms with Gasteiger partial charge in [-0.1, -0.05) is 23.7 Å². The summed E-state index contributed by atoms with van der Waals surface area (Å²) in [6, 6.07) is 7.49. The highest BCUT2D eigenvalue weighted by molar-refractivity contribution is 6.30. The largest absolute Gasteiger partial charge is 0.364 e. The van der Waals surface area contributed by atoms with E-state index in [1.165, 1.54) is 14.1 Å². The molecule has 0 saturated carbocycles. The molecule has 6 nitrogen and oxygen atoms in total. The number of nitrogens with zero attached hydrogens (tertiary/aromatic N) is 3. The smallest absolute Gasteiger partial charge is 0.346 e. The third-order valence-electron chi connectivity index (χ3n) is 2.94. The molecule has 1 aromatic heterocycles. The molecule has 1 aromatic carbocycles. The number of aromatic nitrogens is 3. The Morgan fingerprint density at radius 2 is 1.85 bits per heavy atom. The van der Waals surface area contributed by atoms with Crippen molar-refractivity contribution in [2.45, 2.75) is 6.42 Å². The fourth-order valence-corrected chi connectivity index (χ4v) is 1.91. The molecule has 106 valence electrons. The Morgan fingerprint density at radius 3 is 2.50 bits per heavy atom. The molecule has 0 aliphatic carbocycles. The van der Waals surface area contributed by atoms with Gasteiger partial charge >= 0.3 is 5.69 Å². The topological polar surface area (TPSA) is 68.9 Å². The molecule has 0 unspecified atom stereocenters.